The summed E-state index contributed by atoms with van der Waals surface area (Å²) in [6.07, 6.45) is 1.71. The molecule has 1 aromatic rings. The molecule has 1 aromatic heterocycles. The van der Waals surface area contributed by atoms with Crippen LogP contribution in [0.25, 0.3) is 0 Å². The lowest BCUT2D eigenvalue weighted by Gasteiger charge is -2.22. The summed E-state index contributed by atoms with van der Waals surface area (Å²) in [6.45, 7) is 6.07. The molecular weight excluding hydrogens is 176 g/mol. The largest absolute Gasteiger partial charge is 0.468 e. The van der Waals surface area contributed by atoms with Gasteiger partial charge < -0.3 is 10.2 Å². The molecule has 1 heterocycles. The molecule has 0 spiro atoms. The zero-order chi connectivity index (χ0) is 10.6. The summed E-state index contributed by atoms with van der Waals surface area (Å²) in [6, 6.07) is 4.15. The zero-order valence-corrected chi connectivity index (χ0v) is 9.23. The van der Waals surface area contributed by atoms with E-state index in [9.17, 15) is 0 Å². The van der Waals surface area contributed by atoms with Crippen LogP contribution in [0, 0.1) is 5.92 Å². The van der Waals surface area contributed by atoms with Crippen molar-refractivity contribution in [2.45, 2.75) is 26.4 Å². The number of nitrogens with zero attached hydrogens (tertiary/aromatic N) is 1. The summed E-state index contributed by atoms with van der Waals surface area (Å²) in [5, 5.41) is 0. The van der Waals surface area contributed by atoms with Gasteiger partial charge in [-0.2, -0.15) is 0 Å². The highest BCUT2D eigenvalue weighted by Gasteiger charge is 2.11. The number of furan rings is 1. The lowest BCUT2D eigenvalue weighted by atomic mass is 10.0. The van der Waals surface area contributed by atoms with Gasteiger partial charge in [0, 0.05) is 12.6 Å². The predicted octanol–water partition coefficient (Wildman–Crippen LogP) is 1.69. The van der Waals surface area contributed by atoms with Crippen molar-refractivity contribution in [3.05, 3.63) is 24.2 Å². The topological polar surface area (TPSA) is 42.4 Å². The second-order valence-electron chi connectivity index (χ2n) is 4.11. The molecule has 0 saturated carbocycles. The number of rotatable bonds is 5. The molecule has 0 saturated heterocycles. The van der Waals surface area contributed by atoms with E-state index in [-0.39, 0.29) is 6.04 Å². The third kappa shape index (κ3) is 3.52. The molecule has 0 aliphatic carbocycles. The van der Waals surface area contributed by atoms with Crippen LogP contribution in [0.1, 0.15) is 19.6 Å². The minimum Gasteiger partial charge on any atom is -0.468 e. The van der Waals surface area contributed by atoms with Crippen molar-refractivity contribution < 1.29 is 4.42 Å². The van der Waals surface area contributed by atoms with Crippen molar-refractivity contribution in [3.63, 3.8) is 0 Å². The van der Waals surface area contributed by atoms with Crippen LogP contribution in [0.2, 0.25) is 0 Å². The van der Waals surface area contributed by atoms with Gasteiger partial charge in [-0.3, -0.25) is 4.90 Å². The van der Waals surface area contributed by atoms with E-state index in [4.69, 9.17) is 10.2 Å². The number of nitrogens with two attached hydrogens (primary N) is 1. The first-order valence-electron chi connectivity index (χ1n) is 5.06. The molecule has 2 atom stereocenters. The maximum absolute atomic E-state index is 5.81. The Balaban J connectivity index is 2.32. The Kier molecular flexibility index (Phi) is 4.17. The third-order valence-corrected chi connectivity index (χ3v) is 2.50. The highest BCUT2D eigenvalue weighted by Crippen LogP contribution is 2.07. The normalized spacial score (nSPS) is 15.8. The second-order valence-corrected chi connectivity index (χ2v) is 4.11. The van der Waals surface area contributed by atoms with Crippen molar-refractivity contribution in [2.24, 2.45) is 11.7 Å². The van der Waals surface area contributed by atoms with Gasteiger partial charge in [0.05, 0.1) is 12.8 Å². The van der Waals surface area contributed by atoms with Gasteiger partial charge in [-0.25, -0.2) is 0 Å². The summed E-state index contributed by atoms with van der Waals surface area (Å²) < 4.78 is 5.27. The summed E-state index contributed by atoms with van der Waals surface area (Å²) in [5.74, 6) is 1.51. The molecule has 3 nitrogen and oxygen atoms in total. The van der Waals surface area contributed by atoms with E-state index in [1.165, 1.54) is 0 Å². The van der Waals surface area contributed by atoms with Crippen molar-refractivity contribution in [1.29, 1.82) is 0 Å². The molecule has 0 aliphatic rings. The molecule has 0 aromatic carbocycles. The molecule has 3 heteroatoms. The van der Waals surface area contributed by atoms with Gasteiger partial charge in [0.25, 0.3) is 0 Å². The van der Waals surface area contributed by atoms with E-state index in [0.717, 1.165) is 18.8 Å². The van der Waals surface area contributed by atoms with Gasteiger partial charge in [-0.1, -0.05) is 6.92 Å². The molecule has 0 amide bonds. The highest BCUT2D eigenvalue weighted by molar-refractivity contribution is 4.97. The summed E-state index contributed by atoms with van der Waals surface area (Å²) >= 11 is 0. The Morgan fingerprint density at radius 1 is 1.50 bits per heavy atom. The van der Waals surface area contributed by atoms with Crippen LogP contribution in [0.3, 0.4) is 0 Å². The van der Waals surface area contributed by atoms with Gasteiger partial charge in [0.15, 0.2) is 0 Å². The quantitative estimate of drug-likeness (QED) is 0.779. The average molecular weight is 196 g/mol. The van der Waals surface area contributed by atoms with Crippen LogP contribution in [0.4, 0.5) is 0 Å². The molecule has 1 rings (SSSR count). The van der Waals surface area contributed by atoms with E-state index >= 15 is 0 Å². The summed E-state index contributed by atoms with van der Waals surface area (Å²) in [7, 11) is 2.08. The van der Waals surface area contributed by atoms with E-state index in [1.807, 2.05) is 19.1 Å². The van der Waals surface area contributed by atoms with Gasteiger partial charge in [-0.05, 0) is 32.0 Å². The first-order chi connectivity index (χ1) is 6.59. The van der Waals surface area contributed by atoms with Crippen LogP contribution < -0.4 is 5.73 Å². The monoisotopic (exact) mass is 196 g/mol. The Labute approximate surface area is 85.9 Å². The van der Waals surface area contributed by atoms with E-state index in [2.05, 4.69) is 18.9 Å². The van der Waals surface area contributed by atoms with Crippen LogP contribution in [-0.2, 0) is 6.54 Å². The fourth-order valence-electron chi connectivity index (χ4n) is 1.39. The number of hydrogen-bond donors (Lipinski definition) is 1. The fraction of sp³-hybridized carbons (Fsp3) is 0.636. The standard InChI is InChI=1S/C11H20N2O/c1-9(10(2)12)7-13(3)8-11-5-4-6-14-11/h4-6,9-10H,7-8,12H2,1-3H3. The van der Waals surface area contributed by atoms with Gasteiger partial charge in [-0.15, -0.1) is 0 Å². The smallest absolute Gasteiger partial charge is 0.117 e. The first kappa shape index (κ1) is 11.3. The molecule has 2 unspecified atom stereocenters. The first-order valence-corrected chi connectivity index (χ1v) is 5.06. The maximum atomic E-state index is 5.81. The molecular formula is C11H20N2O. The molecule has 0 radical (unpaired) electrons. The lowest BCUT2D eigenvalue weighted by Crippen LogP contribution is -2.33. The Bertz CT molecular complexity index is 244. The molecule has 0 fully saturated rings. The molecule has 0 bridgehead atoms. The Morgan fingerprint density at radius 2 is 2.21 bits per heavy atom. The van der Waals surface area contributed by atoms with Gasteiger partial charge in [0.2, 0.25) is 0 Å². The average Bonchev–Trinajstić information content (AvgIpc) is 2.56. The second kappa shape index (κ2) is 5.17. The van der Waals surface area contributed by atoms with E-state index in [1.54, 1.807) is 6.26 Å². The van der Waals surface area contributed by atoms with Crippen LogP contribution in [0.5, 0.6) is 0 Å². The number of hydrogen-bond acceptors (Lipinski definition) is 3. The van der Waals surface area contributed by atoms with Gasteiger partial charge in [0.1, 0.15) is 5.76 Å². The summed E-state index contributed by atoms with van der Waals surface area (Å²) in [4.78, 5) is 2.23. The zero-order valence-electron chi connectivity index (χ0n) is 9.23. The van der Waals surface area contributed by atoms with Crippen molar-refractivity contribution in [3.8, 4) is 0 Å². The van der Waals surface area contributed by atoms with E-state index < -0.39 is 0 Å². The molecule has 2 N–H and O–H groups in total. The summed E-state index contributed by atoms with van der Waals surface area (Å²) in [5.41, 5.74) is 5.81. The maximum Gasteiger partial charge on any atom is 0.117 e. The van der Waals surface area contributed by atoms with Crippen LogP contribution >= 0.6 is 0 Å². The van der Waals surface area contributed by atoms with Crippen molar-refractivity contribution in [2.75, 3.05) is 13.6 Å². The fourth-order valence-corrected chi connectivity index (χ4v) is 1.39. The van der Waals surface area contributed by atoms with Crippen molar-refractivity contribution >= 4 is 0 Å². The Hall–Kier alpha value is -0.800. The predicted molar refractivity (Wildman–Crippen MR) is 57.9 cm³/mol. The third-order valence-electron chi connectivity index (χ3n) is 2.50. The highest BCUT2D eigenvalue weighted by atomic mass is 16.3. The minimum atomic E-state index is 0.244. The molecule has 14 heavy (non-hydrogen) atoms. The lowest BCUT2D eigenvalue weighted by molar-refractivity contribution is 0.244. The van der Waals surface area contributed by atoms with Crippen molar-refractivity contribution in [1.82, 2.24) is 4.90 Å². The minimum absolute atomic E-state index is 0.244. The van der Waals surface area contributed by atoms with Gasteiger partial charge >= 0.3 is 0 Å². The van der Waals surface area contributed by atoms with Crippen LogP contribution in [0.15, 0.2) is 22.8 Å². The molecule has 0 aliphatic heterocycles. The van der Waals surface area contributed by atoms with Crippen LogP contribution in [-0.4, -0.2) is 24.5 Å². The Morgan fingerprint density at radius 3 is 2.71 bits per heavy atom. The van der Waals surface area contributed by atoms with E-state index in [0.29, 0.717) is 5.92 Å². The SMILES string of the molecule is CC(N)C(C)CN(C)Cc1ccco1. The molecule has 80 valence electrons.